The van der Waals surface area contributed by atoms with E-state index in [2.05, 4.69) is 43.9 Å². The van der Waals surface area contributed by atoms with Gasteiger partial charge in [0.15, 0.2) is 0 Å². The number of nitrogens with zero attached hydrogens (tertiary/aromatic N) is 4. The fraction of sp³-hybridized carbons (Fsp3) is 0.680. The fourth-order valence-corrected chi connectivity index (χ4v) is 4.80. The largest absolute Gasteiger partial charge is 0.367 e. The van der Waals surface area contributed by atoms with E-state index < -0.39 is 0 Å². The molecule has 0 saturated heterocycles. The quantitative estimate of drug-likeness (QED) is 0.326. The number of unbranched alkanes of at least 4 members (excludes halogenated alkanes) is 1. The Kier molecular flexibility index (Phi) is 8.51. The van der Waals surface area contributed by atoms with Crippen LogP contribution in [-0.4, -0.2) is 38.6 Å². The van der Waals surface area contributed by atoms with Crippen molar-refractivity contribution < 1.29 is 0 Å². The van der Waals surface area contributed by atoms with Gasteiger partial charge in [-0.05, 0) is 32.1 Å². The number of nitrogens with one attached hydrogen (secondary N) is 3. The smallest absolute Gasteiger partial charge is 0.224 e. The zero-order valence-corrected chi connectivity index (χ0v) is 19.6. The Morgan fingerprint density at radius 2 is 1.53 bits per heavy atom. The van der Waals surface area contributed by atoms with E-state index in [1.165, 1.54) is 70.6 Å². The van der Waals surface area contributed by atoms with Crippen LogP contribution in [-0.2, 0) is 0 Å². The van der Waals surface area contributed by atoms with Crippen molar-refractivity contribution in [2.75, 3.05) is 22.5 Å². The van der Waals surface area contributed by atoms with Crippen LogP contribution < -0.4 is 16.0 Å². The van der Waals surface area contributed by atoms with E-state index in [0.29, 0.717) is 18.0 Å². The third-order valence-electron chi connectivity index (χ3n) is 6.70. The first-order valence-electron chi connectivity index (χ1n) is 12.8. The highest BCUT2D eigenvalue weighted by Gasteiger charge is 2.19. The van der Waals surface area contributed by atoms with Crippen LogP contribution in [0.2, 0.25) is 0 Å². The predicted octanol–water partition coefficient (Wildman–Crippen LogP) is 6.02. The molecule has 0 atom stereocenters. The Morgan fingerprint density at radius 3 is 2.25 bits per heavy atom. The molecule has 2 aliphatic rings. The van der Waals surface area contributed by atoms with Crippen molar-refractivity contribution in [3.63, 3.8) is 0 Å². The van der Waals surface area contributed by atoms with E-state index in [4.69, 9.17) is 4.98 Å². The second kappa shape index (κ2) is 12.0. The fourth-order valence-electron chi connectivity index (χ4n) is 4.80. The van der Waals surface area contributed by atoms with E-state index >= 15 is 0 Å². The molecule has 2 aliphatic carbocycles. The number of hydrogen-bond donors (Lipinski definition) is 3. The Bertz CT molecular complexity index is 827. The molecule has 0 radical (unpaired) electrons. The molecule has 7 heteroatoms. The van der Waals surface area contributed by atoms with E-state index in [1.54, 1.807) is 6.33 Å². The maximum Gasteiger partial charge on any atom is 0.224 e. The summed E-state index contributed by atoms with van der Waals surface area (Å²) in [5.41, 5.74) is 1.82. The van der Waals surface area contributed by atoms with E-state index in [9.17, 15) is 0 Å². The standard InChI is InChI=1S/C25H39N7/c1-2-3-15-26-25-27-17-21(24(32-25)31-20-13-9-6-10-14-20)22-16-23(29-18-28-22)30-19-11-7-4-5-8-12-19/h16-20H,2-15H2,1H3,(H,28,29,30)(H2,26,27,31,32). The molecular weight excluding hydrogens is 398 g/mol. The Hall–Kier alpha value is -2.44. The average molecular weight is 438 g/mol. The van der Waals surface area contributed by atoms with Crippen LogP contribution in [0.1, 0.15) is 90.4 Å². The Balaban J connectivity index is 1.54. The van der Waals surface area contributed by atoms with Gasteiger partial charge in [-0.2, -0.15) is 4.98 Å². The molecule has 2 saturated carbocycles. The summed E-state index contributed by atoms with van der Waals surface area (Å²) in [5, 5.41) is 10.7. The molecule has 3 N–H and O–H groups in total. The van der Waals surface area contributed by atoms with Gasteiger partial charge >= 0.3 is 0 Å². The minimum atomic E-state index is 0.464. The van der Waals surface area contributed by atoms with Crippen LogP contribution in [0.25, 0.3) is 11.3 Å². The summed E-state index contributed by atoms with van der Waals surface area (Å²) in [6.45, 7) is 3.08. The second-order valence-corrected chi connectivity index (χ2v) is 9.34. The number of anilines is 3. The molecule has 0 aliphatic heterocycles. The summed E-state index contributed by atoms with van der Waals surface area (Å²) in [7, 11) is 0. The molecule has 0 spiro atoms. The average Bonchev–Trinajstić information content (AvgIpc) is 3.09. The minimum Gasteiger partial charge on any atom is -0.367 e. The van der Waals surface area contributed by atoms with Crippen LogP contribution >= 0.6 is 0 Å². The van der Waals surface area contributed by atoms with Crippen molar-refractivity contribution in [1.82, 2.24) is 19.9 Å². The summed E-state index contributed by atoms with van der Waals surface area (Å²) < 4.78 is 0. The van der Waals surface area contributed by atoms with Crippen molar-refractivity contribution in [2.24, 2.45) is 0 Å². The Labute approximate surface area is 192 Å². The van der Waals surface area contributed by atoms with E-state index in [1.807, 2.05) is 6.20 Å². The predicted molar refractivity (Wildman–Crippen MR) is 132 cm³/mol. The molecule has 174 valence electrons. The van der Waals surface area contributed by atoms with Crippen molar-refractivity contribution >= 4 is 17.6 Å². The van der Waals surface area contributed by atoms with Crippen molar-refractivity contribution in [3.8, 4) is 11.3 Å². The van der Waals surface area contributed by atoms with Gasteiger partial charge in [-0.15, -0.1) is 0 Å². The van der Waals surface area contributed by atoms with Gasteiger partial charge in [0, 0.05) is 30.9 Å². The summed E-state index contributed by atoms with van der Waals surface area (Å²) >= 11 is 0. The van der Waals surface area contributed by atoms with Gasteiger partial charge in [0.1, 0.15) is 18.0 Å². The first-order chi connectivity index (χ1) is 15.8. The molecule has 4 rings (SSSR count). The normalized spacial score (nSPS) is 18.2. The number of aromatic nitrogens is 4. The van der Waals surface area contributed by atoms with Gasteiger partial charge in [0.05, 0.1) is 11.3 Å². The number of rotatable bonds is 9. The van der Waals surface area contributed by atoms with Gasteiger partial charge in [0.25, 0.3) is 0 Å². The third-order valence-corrected chi connectivity index (χ3v) is 6.70. The molecule has 0 aromatic carbocycles. The molecule has 0 unspecified atom stereocenters. The molecule has 2 aromatic heterocycles. The first-order valence-corrected chi connectivity index (χ1v) is 12.8. The zero-order chi connectivity index (χ0) is 22.0. The zero-order valence-electron chi connectivity index (χ0n) is 19.6. The first kappa shape index (κ1) is 22.7. The molecular formula is C25H39N7. The monoisotopic (exact) mass is 437 g/mol. The maximum absolute atomic E-state index is 4.86. The van der Waals surface area contributed by atoms with Crippen molar-refractivity contribution in [1.29, 1.82) is 0 Å². The van der Waals surface area contributed by atoms with E-state index in [-0.39, 0.29) is 0 Å². The summed E-state index contributed by atoms with van der Waals surface area (Å²) in [5.74, 6) is 2.46. The maximum atomic E-state index is 4.86. The van der Waals surface area contributed by atoms with Crippen molar-refractivity contribution in [3.05, 3.63) is 18.6 Å². The van der Waals surface area contributed by atoms with Gasteiger partial charge in [-0.25, -0.2) is 15.0 Å². The lowest BCUT2D eigenvalue weighted by molar-refractivity contribution is 0.462. The highest BCUT2D eigenvalue weighted by atomic mass is 15.1. The Morgan fingerprint density at radius 1 is 0.844 bits per heavy atom. The van der Waals surface area contributed by atoms with E-state index in [0.717, 1.165) is 42.3 Å². The molecule has 2 heterocycles. The lowest BCUT2D eigenvalue weighted by atomic mass is 9.95. The minimum absolute atomic E-state index is 0.464. The van der Waals surface area contributed by atoms with Crippen LogP contribution in [0.5, 0.6) is 0 Å². The van der Waals surface area contributed by atoms with Gasteiger partial charge in [-0.3, -0.25) is 0 Å². The summed E-state index contributed by atoms with van der Waals surface area (Å²) in [4.78, 5) is 18.5. The lowest BCUT2D eigenvalue weighted by Crippen LogP contribution is -2.23. The second-order valence-electron chi connectivity index (χ2n) is 9.34. The molecule has 0 bridgehead atoms. The summed E-state index contributed by atoms with van der Waals surface area (Å²) in [6.07, 6.45) is 19.8. The molecule has 7 nitrogen and oxygen atoms in total. The van der Waals surface area contributed by atoms with Crippen LogP contribution in [0, 0.1) is 0 Å². The van der Waals surface area contributed by atoms with Gasteiger partial charge in [-0.1, -0.05) is 58.3 Å². The van der Waals surface area contributed by atoms with Crippen LogP contribution in [0.15, 0.2) is 18.6 Å². The third kappa shape index (κ3) is 6.53. The number of hydrogen-bond acceptors (Lipinski definition) is 7. The summed E-state index contributed by atoms with van der Waals surface area (Å²) in [6, 6.07) is 3.02. The van der Waals surface area contributed by atoms with Gasteiger partial charge in [0.2, 0.25) is 5.95 Å². The van der Waals surface area contributed by atoms with Crippen LogP contribution in [0.4, 0.5) is 17.6 Å². The highest BCUT2D eigenvalue weighted by molar-refractivity contribution is 5.74. The topological polar surface area (TPSA) is 87.7 Å². The SMILES string of the molecule is CCCCNc1ncc(-c2cc(NC3CCCCCC3)ncn2)c(NC2CCCCC2)n1. The lowest BCUT2D eigenvalue weighted by Gasteiger charge is -2.24. The molecule has 2 aromatic rings. The highest BCUT2D eigenvalue weighted by Crippen LogP contribution is 2.30. The van der Waals surface area contributed by atoms with Crippen molar-refractivity contribution in [2.45, 2.75) is 102 Å². The van der Waals surface area contributed by atoms with Crippen LogP contribution in [0.3, 0.4) is 0 Å². The molecule has 32 heavy (non-hydrogen) atoms. The molecule has 0 amide bonds. The van der Waals surface area contributed by atoms with Gasteiger partial charge < -0.3 is 16.0 Å². The molecule has 2 fully saturated rings.